The van der Waals surface area contributed by atoms with E-state index in [1.807, 2.05) is 0 Å². The highest BCUT2D eigenvalue weighted by molar-refractivity contribution is 5.79. The lowest BCUT2D eigenvalue weighted by Crippen LogP contribution is -2.44. The minimum atomic E-state index is -4.70. The monoisotopic (exact) mass is 193 g/mol. The number of alkyl halides is 3. The van der Waals surface area contributed by atoms with E-state index >= 15 is 0 Å². The van der Waals surface area contributed by atoms with E-state index in [0.717, 1.165) is 10.2 Å². The predicted molar refractivity (Wildman–Crippen MR) is 38.9 cm³/mol. The van der Waals surface area contributed by atoms with E-state index in [1.54, 1.807) is 0 Å². The van der Waals surface area contributed by atoms with Crippen LogP contribution in [0.25, 0.3) is 0 Å². The molecule has 0 atom stereocenters. The van der Waals surface area contributed by atoms with Gasteiger partial charge in [-0.3, -0.25) is 9.89 Å². The molecule has 0 unspecified atom stereocenters. The van der Waals surface area contributed by atoms with Crippen molar-refractivity contribution < 1.29 is 18.0 Å². The number of urea groups is 1. The third kappa shape index (κ3) is 3.14. The Kier molecular flexibility index (Phi) is 2.54. The molecule has 1 rings (SSSR count). The number of amides is 2. The van der Waals surface area contributed by atoms with Gasteiger partial charge in [0.15, 0.2) is 0 Å². The van der Waals surface area contributed by atoms with Crippen LogP contribution in [0.15, 0.2) is 17.3 Å². The number of rotatable bonds is 0. The summed E-state index contributed by atoms with van der Waals surface area (Å²) < 4.78 is 34.9. The lowest BCUT2D eigenvalue weighted by atomic mass is 10.5. The van der Waals surface area contributed by atoms with Crippen molar-refractivity contribution in [3.05, 3.63) is 12.3 Å². The molecule has 0 aliphatic carbocycles. The van der Waals surface area contributed by atoms with Crippen molar-refractivity contribution in [3.8, 4) is 0 Å². The molecule has 0 saturated heterocycles. The number of nitrogens with one attached hydrogen (secondary N) is 1. The molecule has 0 bridgehead atoms. The van der Waals surface area contributed by atoms with E-state index in [-0.39, 0.29) is 6.67 Å². The molecular weight excluding hydrogens is 187 g/mol. The van der Waals surface area contributed by atoms with Crippen LogP contribution in [0, 0.1) is 0 Å². The molecule has 0 aromatic heterocycles. The van der Waals surface area contributed by atoms with Gasteiger partial charge in [0.1, 0.15) is 6.67 Å². The van der Waals surface area contributed by atoms with Gasteiger partial charge >= 0.3 is 12.3 Å². The first-order chi connectivity index (χ1) is 5.99. The minimum Gasteiger partial charge on any atom is -0.281 e. The Balaban J connectivity index is 2.49. The zero-order chi connectivity index (χ0) is 9.90. The van der Waals surface area contributed by atoms with Gasteiger partial charge < -0.3 is 0 Å². The van der Waals surface area contributed by atoms with Crippen molar-refractivity contribution in [2.24, 2.45) is 4.99 Å². The normalized spacial score (nSPS) is 16.1. The number of halogens is 3. The van der Waals surface area contributed by atoms with Crippen LogP contribution in [0.4, 0.5) is 18.0 Å². The topological polar surface area (TPSA) is 44.7 Å². The van der Waals surface area contributed by atoms with E-state index in [2.05, 4.69) is 4.99 Å². The highest BCUT2D eigenvalue weighted by Crippen LogP contribution is 2.10. The molecule has 4 nitrogen and oxygen atoms in total. The zero-order valence-corrected chi connectivity index (χ0v) is 6.38. The standard InChI is InChI=1S/C6H6F3N3O/c7-6(8,9)11-5(13)12-3-1-2-10-4-12/h1-3H,4H2,(H,11,13). The van der Waals surface area contributed by atoms with Crippen molar-refractivity contribution in [3.63, 3.8) is 0 Å². The molecule has 0 aromatic carbocycles. The summed E-state index contributed by atoms with van der Waals surface area (Å²) in [5.74, 6) is 0. The van der Waals surface area contributed by atoms with E-state index < -0.39 is 12.3 Å². The molecule has 0 aromatic rings. The number of carbonyl (C=O) groups excluding carboxylic acids is 1. The smallest absolute Gasteiger partial charge is 0.281 e. The molecule has 7 heteroatoms. The molecule has 0 fully saturated rings. The van der Waals surface area contributed by atoms with E-state index in [1.165, 1.54) is 18.5 Å². The van der Waals surface area contributed by atoms with Gasteiger partial charge in [-0.15, -0.1) is 0 Å². The third-order valence-electron chi connectivity index (χ3n) is 1.20. The molecular formula is C6H6F3N3O. The second kappa shape index (κ2) is 3.46. The molecule has 0 radical (unpaired) electrons. The number of aliphatic imine (C=N–C) groups is 1. The summed E-state index contributed by atoms with van der Waals surface area (Å²) in [6, 6.07) is -1.24. The predicted octanol–water partition coefficient (Wildman–Crippen LogP) is 1.07. The van der Waals surface area contributed by atoms with Gasteiger partial charge in [-0.2, -0.15) is 13.2 Å². The van der Waals surface area contributed by atoms with Crippen molar-refractivity contribution in [2.45, 2.75) is 6.30 Å². The fourth-order valence-corrected chi connectivity index (χ4v) is 0.710. The Morgan fingerprint density at radius 1 is 1.54 bits per heavy atom. The summed E-state index contributed by atoms with van der Waals surface area (Å²) in [6.07, 6.45) is -0.711. The van der Waals surface area contributed by atoms with Crippen molar-refractivity contribution in [1.29, 1.82) is 0 Å². The number of allylic oxidation sites excluding steroid dienone is 1. The van der Waals surface area contributed by atoms with Crippen LogP contribution in [-0.4, -0.2) is 30.1 Å². The second-order valence-corrected chi connectivity index (χ2v) is 2.21. The van der Waals surface area contributed by atoms with E-state index in [9.17, 15) is 18.0 Å². The first kappa shape index (κ1) is 9.56. The van der Waals surface area contributed by atoms with Crippen LogP contribution in [0.1, 0.15) is 0 Å². The quantitative estimate of drug-likeness (QED) is 0.574. The highest BCUT2D eigenvalue weighted by Gasteiger charge is 2.31. The molecule has 1 aliphatic rings. The summed E-state index contributed by atoms with van der Waals surface area (Å²) in [6.45, 7) is -0.0988. The van der Waals surface area contributed by atoms with Crippen LogP contribution in [0.3, 0.4) is 0 Å². The largest absolute Gasteiger partial charge is 0.485 e. The Labute approximate surface area is 71.7 Å². The van der Waals surface area contributed by atoms with Crippen molar-refractivity contribution in [1.82, 2.24) is 10.2 Å². The average molecular weight is 193 g/mol. The Morgan fingerprint density at radius 2 is 2.23 bits per heavy atom. The molecule has 0 spiro atoms. The maximum Gasteiger partial charge on any atom is 0.485 e. The van der Waals surface area contributed by atoms with Gasteiger partial charge in [0.25, 0.3) is 0 Å². The maximum absolute atomic E-state index is 11.6. The number of hydrogen-bond donors (Lipinski definition) is 1. The lowest BCUT2D eigenvalue weighted by Gasteiger charge is -2.19. The lowest BCUT2D eigenvalue weighted by molar-refractivity contribution is -0.146. The van der Waals surface area contributed by atoms with Gasteiger partial charge in [-0.1, -0.05) is 0 Å². The summed E-state index contributed by atoms with van der Waals surface area (Å²) in [7, 11) is 0. The first-order valence-electron chi connectivity index (χ1n) is 3.31. The molecule has 1 N–H and O–H groups in total. The SMILES string of the molecule is O=C(NC(F)(F)F)N1C=CC=NC1. The first-order valence-corrected chi connectivity index (χ1v) is 3.31. The van der Waals surface area contributed by atoms with Gasteiger partial charge in [-0.25, -0.2) is 10.1 Å². The van der Waals surface area contributed by atoms with Crippen LogP contribution in [0.5, 0.6) is 0 Å². The van der Waals surface area contributed by atoms with Crippen molar-refractivity contribution in [2.75, 3.05) is 6.67 Å². The summed E-state index contributed by atoms with van der Waals surface area (Å²) in [5, 5.41) is 0.851. The van der Waals surface area contributed by atoms with Gasteiger partial charge in [0.2, 0.25) is 0 Å². The second-order valence-electron chi connectivity index (χ2n) is 2.21. The fourth-order valence-electron chi connectivity index (χ4n) is 0.710. The fraction of sp³-hybridized carbons (Fsp3) is 0.333. The molecule has 13 heavy (non-hydrogen) atoms. The molecule has 1 aliphatic heterocycles. The third-order valence-corrected chi connectivity index (χ3v) is 1.20. The Morgan fingerprint density at radius 3 is 2.69 bits per heavy atom. The molecule has 2 amide bonds. The Hall–Kier alpha value is -1.53. The summed E-state index contributed by atoms with van der Waals surface area (Å²) in [5.41, 5.74) is 0. The summed E-state index contributed by atoms with van der Waals surface area (Å²) in [4.78, 5) is 15.2. The maximum atomic E-state index is 11.6. The number of hydrogen-bond acceptors (Lipinski definition) is 2. The Bertz CT molecular complexity index is 258. The van der Waals surface area contributed by atoms with E-state index in [0.29, 0.717) is 0 Å². The van der Waals surface area contributed by atoms with Crippen LogP contribution >= 0.6 is 0 Å². The summed E-state index contributed by atoms with van der Waals surface area (Å²) >= 11 is 0. The van der Waals surface area contributed by atoms with Crippen LogP contribution < -0.4 is 5.32 Å². The average Bonchev–Trinajstić information content (AvgIpc) is 2.03. The van der Waals surface area contributed by atoms with Gasteiger partial charge in [-0.05, 0) is 6.08 Å². The molecule has 72 valence electrons. The minimum absolute atomic E-state index is 0.0988. The number of carbonyl (C=O) groups is 1. The number of nitrogens with zero attached hydrogens (tertiary/aromatic N) is 2. The van der Waals surface area contributed by atoms with Crippen LogP contribution in [0.2, 0.25) is 0 Å². The zero-order valence-electron chi connectivity index (χ0n) is 6.38. The molecule has 0 saturated carbocycles. The van der Waals surface area contributed by atoms with Gasteiger partial charge in [0.05, 0.1) is 0 Å². The van der Waals surface area contributed by atoms with Crippen molar-refractivity contribution >= 4 is 12.2 Å². The highest BCUT2D eigenvalue weighted by atomic mass is 19.4. The van der Waals surface area contributed by atoms with E-state index in [4.69, 9.17) is 0 Å². The molecule has 1 heterocycles. The van der Waals surface area contributed by atoms with Crippen LogP contribution in [-0.2, 0) is 0 Å². The van der Waals surface area contributed by atoms with Gasteiger partial charge in [0, 0.05) is 12.4 Å².